The number of hydrogen-bond donors (Lipinski definition) is 0. The van der Waals surface area contributed by atoms with Gasteiger partial charge in [-0.3, -0.25) is 9.59 Å². The van der Waals surface area contributed by atoms with E-state index < -0.39 is 17.5 Å². The van der Waals surface area contributed by atoms with Gasteiger partial charge < -0.3 is 14.3 Å². The van der Waals surface area contributed by atoms with Crippen LogP contribution in [0.5, 0.6) is 0 Å². The molecule has 11 heteroatoms. The van der Waals surface area contributed by atoms with E-state index in [9.17, 15) is 18.4 Å². The second kappa shape index (κ2) is 11.4. The first-order valence-electron chi connectivity index (χ1n) is 13.2. The molecule has 0 saturated carbocycles. The smallest absolute Gasteiger partial charge is 0.269 e. The molecule has 0 N–H and O–H groups in total. The monoisotopic (exact) mass is 588 g/mol. The summed E-state index contributed by atoms with van der Waals surface area (Å²) in [6.07, 6.45) is 0.222. The Hall–Kier alpha value is -3.11. The van der Waals surface area contributed by atoms with Crippen LogP contribution in [0.25, 0.3) is 0 Å². The van der Waals surface area contributed by atoms with Crippen LogP contribution < -0.4 is 5.56 Å². The highest BCUT2D eigenvalue weighted by Gasteiger charge is 2.29. The maximum absolute atomic E-state index is 13.1. The Labute approximate surface area is 240 Å². The molecule has 2 aromatic heterocycles. The molecule has 1 saturated heterocycles. The van der Waals surface area contributed by atoms with E-state index in [0.29, 0.717) is 19.5 Å². The molecule has 1 fully saturated rings. The highest BCUT2D eigenvalue weighted by molar-refractivity contribution is 7.10. The maximum Gasteiger partial charge on any atom is 0.269 e. The predicted molar refractivity (Wildman–Crippen MR) is 151 cm³/mol. The number of carbonyl (C=O) groups is 1. The first-order valence-corrected chi connectivity index (χ1v) is 14.5. The fourth-order valence-corrected chi connectivity index (χ4v) is 6.26. The molecular weight excluding hydrogens is 558 g/mol. The maximum atomic E-state index is 13.1. The van der Waals surface area contributed by atoms with Crippen molar-refractivity contribution in [3.05, 3.63) is 84.7 Å². The van der Waals surface area contributed by atoms with Crippen LogP contribution in [0.15, 0.2) is 51.9 Å². The van der Waals surface area contributed by atoms with Crippen LogP contribution in [0.3, 0.4) is 0 Å². The summed E-state index contributed by atoms with van der Waals surface area (Å²) in [6.45, 7) is 7.22. The van der Waals surface area contributed by atoms with Crippen molar-refractivity contribution in [1.29, 1.82) is 0 Å². The van der Waals surface area contributed by atoms with Crippen LogP contribution in [0.1, 0.15) is 85.9 Å². The zero-order valence-electron chi connectivity index (χ0n) is 22.6. The van der Waals surface area contributed by atoms with Gasteiger partial charge in [0.25, 0.3) is 12.0 Å². The summed E-state index contributed by atoms with van der Waals surface area (Å²) in [5.74, 6) is -0.104. The lowest BCUT2D eigenvalue weighted by Gasteiger charge is -2.31. The number of nitrogens with zero attached hydrogens (tertiary/aromatic N) is 4. The molecule has 1 unspecified atom stereocenters. The molecule has 4 heterocycles. The van der Waals surface area contributed by atoms with E-state index in [2.05, 4.69) is 50.2 Å². The molecule has 1 aromatic carbocycles. The molecule has 0 spiro atoms. The lowest BCUT2D eigenvalue weighted by atomic mass is 9.86. The van der Waals surface area contributed by atoms with Crippen molar-refractivity contribution in [3.63, 3.8) is 0 Å². The van der Waals surface area contributed by atoms with Gasteiger partial charge in [-0.25, -0.2) is 13.8 Å². The lowest BCUT2D eigenvalue weighted by molar-refractivity contribution is -0.133. The van der Waals surface area contributed by atoms with Gasteiger partial charge in [0.15, 0.2) is 6.10 Å². The topological polar surface area (TPSA) is 76.8 Å². The summed E-state index contributed by atoms with van der Waals surface area (Å²) >= 11 is 7.47. The number of aromatic nitrogens is 2. The second-order valence-electron chi connectivity index (χ2n) is 11.3. The summed E-state index contributed by atoms with van der Waals surface area (Å²) in [6, 6.07) is 9.43. The average Bonchev–Trinajstić information content (AvgIpc) is 3.60. The van der Waals surface area contributed by atoms with E-state index in [1.807, 2.05) is 5.38 Å². The number of oxime groups is 1. The van der Waals surface area contributed by atoms with E-state index in [-0.39, 0.29) is 34.9 Å². The number of likely N-dealkylation sites (tertiary alicyclic amines) is 1. The minimum Gasteiger partial charge on any atom is -0.387 e. The predicted octanol–water partition coefficient (Wildman–Crippen LogP) is 6.47. The van der Waals surface area contributed by atoms with Crippen LogP contribution in [0, 0.1) is 0 Å². The van der Waals surface area contributed by atoms with Gasteiger partial charge in [-0.2, -0.15) is 0 Å². The molecule has 212 valence electrons. The van der Waals surface area contributed by atoms with Gasteiger partial charge in [0.05, 0.1) is 21.3 Å². The van der Waals surface area contributed by atoms with Crippen LogP contribution in [-0.4, -0.2) is 39.2 Å². The number of hydrogen-bond acceptors (Lipinski definition) is 6. The Morgan fingerprint density at radius 3 is 2.55 bits per heavy atom. The normalized spacial score (nSPS) is 18.2. The highest BCUT2D eigenvalue weighted by Crippen LogP contribution is 2.34. The molecule has 0 bridgehead atoms. The van der Waals surface area contributed by atoms with Crippen molar-refractivity contribution >= 4 is 34.6 Å². The van der Waals surface area contributed by atoms with Crippen molar-refractivity contribution in [3.8, 4) is 0 Å². The third kappa shape index (κ3) is 6.12. The number of thiazole rings is 1. The van der Waals surface area contributed by atoms with E-state index in [4.69, 9.17) is 21.4 Å². The van der Waals surface area contributed by atoms with Crippen LogP contribution >= 0.6 is 22.9 Å². The number of halogens is 3. The van der Waals surface area contributed by atoms with E-state index in [1.165, 1.54) is 11.8 Å². The summed E-state index contributed by atoms with van der Waals surface area (Å²) in [5, 5.41) is 7.31. The van der Waals surface area contributed by atoms with Gasteiger partial charge in [-0.05, 0) is 35.4 Å². The van der Waals surface area contributed by atoms with Crippen LogP contribution in [0.4, 0.5) is 8.78 Å². The zero-order chi connectivity index (χ0) is 28.6. The summed E-state index contributed by atoms with van der Waals surface area (Å²) in [5.41, 5.74) is 2.49. The largest absolute Gasteiger partial charge is 0.387 e. The van der Waals surface area contributed by atoms with Gasteiger partial charge in [0, 0.05) is 37.0 Å². The third-order valence-electron chi connectivity index (χ3n) is 7.45. The van der Waals surface area contributed by atoms with Crippen LogP contribution in [0.2, 0.25) is 5.02 Å². The number of benzene rings is 1. The molecule has 2 aliphatic rings. The second-order valence-corrected chi connectivity index (χ2v) is 12.6. The molecule has 0 aliphatic carbocycles. The fraction of sp³-hybridized carbons (Fsp3) is 0.448. The average molecular weight is 589 g/mol. The van der Waals surface area contributed by atoms with Gasteiger partial charge in [-0.15, -0.1) is 11.3 Å². The number of rotatable bonds is 6. The van der Waals surface area contributed by atoms with Gasteiger partial charge >= 0.3 is 0 Å². The summed E-state index contributed by atoms with van der Waals surface area (Å²) < 4.78 is 27.2. The minimum atomic E-state index is -2.96. The Bertz CT molecular complexity index is 1470. The van der Waals surface area contributed by atoms with Gasteiger partial charge in [0.1, 0.15) is 12.3 Å². The minimum absolute atomic E-state index is 0.0111. The van der Waals surface area contributed by atoms with Gasteiger partial charge in [-0.1, -0.05) is 61.8 Å². The molecule has 0 radical (unpaired) electrons. The van der Waals surface area contributed by atoms with E-state index >= 15 is 0 Å². The van der Waals surface area contributed by atoms with E-state index in [0.717, 1.165) is 45.5 Å². The number of pyridine rings is 1. The van der Waals surface area contributed by atoms with Crippen molar-refractivity contribution in [2.75, 3.05) is 13.1 Å². The molecule has 5 rings (SSSR count). The van der Waals surface area contributed by atoms with E-state index in [1.54, 1.807) is 16.2 Å². The zero-order valence-corrected chi connectivity index (χ0v) is 24.1. The Kier molecular flexibility index (Phi) is 8.10. The Morgan fingerprint density at radius 1 is 1.20 bits per heavy atom. The van der Waals surface area contributed by atoms with Gasteiger partial charge in [0.2, 0.25) is 5.91 Å². The third-order valence-corrected chi connectivity index (χ3v) is 8.67. The number of piperidine rings is 1. The number of alkyl halides is 2. The first-order chi connectivity index (χ1) is 19.0. The quantitative estimate of drug-likeness (QED) is 0.331. The molecular formula is C29H31ClF2N4O3S. The molecule has 2 aliphatic heterocycles. The Morgan fingerprint density at radius 2 is 1.90 bits per heavy atom. The summed E-state index contributed by atoms with van der Waals surface area (Å²) in [4.78, 5) is 37.4. The van der Waals surface area contributed by atoms with Crippen molar-refractivity contribution < 1.29 is 18.4 Å². The highest BCUT2D eigenvalue weighted by atomic mass is 35.5. The first kappa shape index (κ1) is 28.4. The Balaban J connectivity index is 1.16. The molecule has 1 amide bonds. The standard InChI is InChI=1S/C29H31ClF2N4O3S/c1-29(2,3)19-6-4-17(5-7-19)24-13-22(34-39-24)23-16-40-27(33-23)18-8-10-35(11-9-18)25(37)15-36-14-20(30)12-21(26(31)32)28(36)38/h4-7,12,14,16,18,24,26H,8-11,13,15H2,1-3H3. The molecule has 40 heavy (non-hydrogen) atoms. The van der Waals surface area contributed by atoms with Crippen molar-refractivity contribution in [1.82, 2.24) is 14.5 Å². The van der Waals surface area contributed by atoms with Crippen molar-refractivity contribution in [2.24, 2.45) is 5.16 Å². The van der Waals surface area contributed by atoms with Crippen molar-refractivity contribution in [2.45, 2.75) is 70.4 Å². The molecule has 7 nitrogen and oxygen atoms in total. The number of amides is 1. The molecule has 3 aromatic rings. The summed E-state index contributed by atoms with van der Waals surface area (Å²) in [7, 11) is 0. The fourth-order valence-electron chi connectivity index (χ4n) is 5.03. The lowest BCUT2D eigenvalue weighted by Crippen LogP contribution is -2.41. The van der Waals surface area contributed by atoms with Crippen LogP contribution in [-0.2, 0) is 21.6 Å². The SMILES string of the molecule is CC(C)(C)c1ccc(C2CC(c3csc(C4CCN(C(=O)Cn5cc(Cl)cc(C(F)F)c5=O)CC4)n3)=NO2)cc1. The number of carbonyl (C=O) groups excluding carboxylic acids is 1. The molecule has 1 atom stereocenters.